The number of rotatable bonds is 3. The largest absolute Gasteiger partial charge is 0.495 e. The molecule has 0 radical (unpaired) electrons. The van der Waals surface area contributed by atoms with Crippen molar-refractivity contribution in [1.82, 2.24) is 10.0 Å². The Labute approximate surface area is 125 Å². The van der Waals surface area contributed by atoms with Crippen molar-refractivity contribution in [2.24, 2.45) is 0 Å². The summed E-state index contributed by atoms with van der Waals surface area (Å²) in [5.41, 5.74) is 0.350. The van der Waals surface area contributed by atoms with Gasteiger partial charge in [-0.15, -0.1) is 0 Å². The average Bonchev–Trinajstić information content (AvgIpc) is 2.80. The van der Waals surface area contributed by atoms with Crippen molar-refractivity contribution in [2.75, 3.05) is 7.11 Å². The lowest BCUT2D eigenvalue weighted by atomic mass is 10.1. The zero-order valence-electron chi connectivity index (χ0n) is 11.5. The molecule has 3 rings (SSSR count). The Hall–Kier alpha value is -3.22. The van der Waals surface area contributed by atoms with E-state index in [-0.39, 0.29) is 16.8 Å². The Kier molecular flexibility index (Phi) is 3.30. The van der Waals surface area contributed by atoms with E-state index in [0.29, 0.717) is 10.8 Å². The fourth-order valence-electron chi connectivity index (χ4n) is 2.00. The van der Waals surface area contributed by atoms with E-state index in [4.69, 9.17) is 9.57 Å². The van der Waals surface area contributed by atoms with Crippen molar-refractivity contribution in [3.8, 4) is 5.75 Å². The van der Waals surface area contributed by atoms with E-state index in [1.54, 1.807) is 12.1 Å². The van der Waals surface area contributed by atoms with Gasteiger partial charge in [-0.05, 0) is 24.3 Å². The number of imide groups is 1. The molecule has 1 aromatic heterocycles. The number of nitrogens with zero attached hydrogens (tertiary/aromatic N) is 2. The minimum atomic E-state index is -0.905. The molecule has 0 saturated carbocycles. The molecule has 7 heteroatoms. The number of hydroxylamine groups is 2. The second-order valence-electron chi connectivity index (χ2n) is 4.41. The van der Waals surface area contributed by atoms with E-state index in [1.807, 2.05) is 0 Å². The van der Waals surface area contributed by atoms with Gasteiger partial charge in [-0.1, -0.05) is 17.2 Å². The summed E-state index contributed by atoms with van der Waals surface area (Å²) in [5.74, 6) is -1.79. The highest BCUT2D eigenvalue weighted by Gasteiger charge is 2.38. The van der Waals surface area contributed by atoms with Crippen molar-refractivity contribution in [1.29, 1.82) is 0 Å². The van der Waals surface area contributed by atoms with Crippen LogP contribution in [0.5, 0.6) is 5.75 Å². The van der Waals surface area contributed by atoms with Gasteiger partial charge in [-0.25, -0.2) is 9.78 Å². The maximum absolute atomic E-state index is 12.1. The first-order valence-electron chi connectivity index (χ1n) is 6.32. The van der Waals surface area contributed by atoms with Crippen LogP contribution in [-0.2, 0) is 4.84 Å². The highest BCUT2D eigenvalue weighted by atomic mass is 16.7. The fourth-order valence-corrected chi connectivity index (χ4v) is 2.00. The van der Waals surface area contributed by atoms with Crippen molar-refractivity contribution < 1.29 is 24.0 Å². The molecule has 7 nitrogen and oxygen atoms in total. The highest BCUT2D eigenvalue weighted by Crippen LogP contribution is 2.23. The van der Waals surface area contributed by atoms with Crippen LogP contribution in [0.4, 0.5) is 0 Å². The molecular weight excluding hydrogens is 288 g/mol. The maximum atomic E-state index is 12.1. The fraction of sp³-hybridized carbons (Fsp3) is 0.0667. The Morgan fingerprint density at radius 2 is 1.68 bits per heavy atom. The van der Waals surface area contributed by atoms with Gasteiger partial charge in [-0.3, -0.25) is 9.59 Å². The van der Waals surface area contributed by atoms with Crippen LogP contribution >= 0.6 is 0 Å². The Morgan fingerprint density at radius 1 is 1.05 bits per heavy atom. The van der Waals surface area contributed by atoms with Crippen LogP contribution in [-0.4, -0.2) is 34.9 Å². The Bertz CT molecular complexity index is 735. The molecule has 22 heavy (non-hydrogen) atoms. The van der Waals surface area contributed by atoms with Crippen LogP contribution in [0, 0.1) is 0 Å². The smallest absolute Gasteiger partial charge is 0.382 e. The molecule has 0 bridgehead atoms. The lowest BCUT2D eigenvalue weighted by Gasteiger charge is -2.12. The van der Waals surface area contributed by atoms with Crippen LogP contribution in [0.15, 0.2) is 42.6 Å². The zero-order chi connectivity index (χ0) is 15.7. The summed E-state index contributed by atoms with van der Waals surface area (Å²) in [5, 5.41) is 0.443. The zero-order valence-corrected chi connectivity index (χ0v) is 11.5. The summed E-state index contributed by atoms with van der Waals surface area (Å²) in [6.07, 6.45) is 1.33. The van der Waals surface area contributed by atoms with E-state index in [2.05, 4.69) is 4.98 Å². The number of hydrogen-bond acceptors (Lipinski definition) is 6. The first-order chi connectivity index (χ1) is 10.6. The van der Waals surface area contributed by atoms with E-state index in [0.717, 1.165) is 0 Å². The standard InChI is InChI=1S/C15H10N2O5/c1-21-9-6-7-12(16-8-9)15(20)22-17-13(18)10-4-2-3-5-11(10)14(17)19/h2-8H,1H3. The van der Waals surface area contributed by atoms with Gasteiger partial charge >= 0.3 is 5.97 Å². The molecule has 2 aromatic rings. The molecule has 110 valence electrons. The van der Waals surface area contributed by atoms with Gasteiger partial charge in [-0.2, -0.15) is 0 Å². The molecule has 1 aromatic carbocycles. The molecule has 0 atom stereocenters. The predicted octanol–water partition coefficient (Wildman–Crippen LogP) is 1.46. The van der Waals surface area contributed by atoms with Gasteiger partial charge in [0.25, 0.3) is 11.8 Å². The Morgan fingerprint density at radius 3 is 2.18 bits per heavy atom. The first kappa shape index (κ1) is 13.7. The third kappa shape index (κ3) is 2.18. The summed E-state index contributed by atoms with van der Waals surface area (Å²) in [7, 11) is 1.47. The number of amides is 2. The summed E-state index contributed by atoms with van der Waals surface area (Å²) >= 11 is 0. The van der Waals surface area contributed by atoms with E-state index < -0.39 is 17.8 Å². The quantitative estimate of drug-likeness (QED) is 0.797. The minimum Gasteiger partial charge on any atom is -0.495 e. The topological polar surface area (TPSA) is 85.8 Å². The van der Waals surface area contributed by atoms with Gasteiger partial charge < -0.3 is 9.57 Å². The molecule has 0 unspecified atom stereocenters. The number of benzene rings is 1. The van der Waals surface area contributed by atoms with Crippen molar-refractivity contribution in [3.05, 3.63) is 59.4 Å². The SMILES string of the molecule is COc1ccc(C(=O)ON2C(=O)c3ccccc3C2=O)nc1. The average molecular weight is 298 g/mol. The van der Waals surface area contributed by atoms with E-state index >= 15 is 0 Å². The lowest BCUT2D eigenvalue weighted by molar-refractivity contribution is -0.0588. The molecule has 0 N–H and O–H groups in total. The number of aromatic nitrogens is 1. The second kappa shape index (κ2) is 5.28. The highest BCUT2D eigenvalue weighted by molar-refractivity contribution is 6.21. The number of carbonyl (C=O) groups excluding carboxylic acids is 3. The normalized spacial score (nSPS) is 13.0. The number of carbonyl (C=O) groups is 3. The number of fused-ring (bicyclic) bond motifs is 1. The number of ether oxygens (including phenoxy) is 1. The number of hydrogen-bond donors (Lipinski definition) is 0. The molecule has 0 spiro atoms. The number of pyridine rings is 1. The molecule has 0 aliphatic carbocycles. The van der Waals surface area contributed by atoms with Gasteiger partial charge in [0.1, 0.15) is 5.75 Å². The number of methoxy groups -OCH3 is 1. The second-order valence-corrected chi connectivity index (χ2v) is 4.41. The van der Waals surface area contributed by atoms with Crippen LogP contribution in [0.1, 0.15) is 31.2 Å². The first-order valence-corrected chi connectivity index (χ1v) is 6.32. The molecule has 0 saturated heterocycles. The minimum absolute atomic E-state index is 0.0441. The molecule has 2 heterocycles. The van der Waals surface area contributed by atoms with E-state index in [1.165, 1.54) is 37.6 Å². The summed E-state index contributed by atoms with van der Waals surface area (Å²) in [4.78, 5) is 44.8. The summed E-state index contributed by atoms with van der Waals surface area (Å²) in [6, 6.07) is 9.14. The molecule has 1 aliphatic heterocycles. The third-order valence-corrected chi connectivity index (χ3v) is 3.11. The summed E-state index contributed by atoms with van der Waals surface area (Å²) < 4.78 is 4.93. The van der Waals surface area contributed by atoms with Gasteiger partial charge in [0.15, 0.2) is 5.69 Å². The van der Waals surface area contributed by atoms with Gasteiger partial charge in [0, 0.05) is 0 Å². The third-order valence-electron chi connectivity index (χ3n) is 3.11. The van der Waals surface area contributed by atoms with Crippen LogP contribution in [0.25, 0.3) is 0 Å². The predicted molar refractivity (Wildman–Crippen MR) is 73.1 cm³/mol. The van der Waals surface area contributed by atoms with Gasteiger partial charge in [0.2, 0.25) is 0 Å². The monoisotopic (exact) mass is 298 g/mol. The van der Waals surface area contributed by atoms with Crippen LogP contribution < -0.4 is 4.74 Å². The van der Waals surface area contributed by atoms with E-state index in [9.17, 15) is 14.4 Å². The van der Waals surface area contributed by atoms with Crippen molar-refractivity contribution in [3.63, 3.8) is 0 Å². The van der Waals surface area contributed by atoms with Crippen molar-refractivity contribution in [2.45, 2.75) is 0 Å². The maximum Gasteiger partial charge on any atom is 0.382 e. The lowest BCUT2D eigenvalue weighted by Crippen LogP contribution is -2.32. The molecule has 2 amide bonds. The molecule has 0 fully saturated rings. The molecule has 1 aliphatic rings. The van der Waals surface area contributed by atoms with Crippen LogP contribution in [0.2, 0.25) is 0 Å². The van der Waals surface area contributed by atoms with Crippen LogP contribution in [0.3, 0.4) is 0 Å². The Balaban J connectivity index is 1.80. The van der Waals surface area contributed by atoms with Gasteiger partial charge in [0.05, 0.1) is 24.4 Å². The molecular formula is C15H10N2O5. The summed E-state index contributed by atoms with van der Waals surface area (Å²) in [6.45, 7) is 0. The van der Waals surface area contributed by atoms with Crippen molar-refractivity contribution >= 4 is 17.8 Å².